The summed E-state index contributed by atoms with van der Waals surface area (Å²) in [6.07, 6.45) is 3.54. The molecule has 2 aromatic carbocycles. The lowest BCUT2D eigenvalue weighted by Crippen LogP contribution is -2.46. The molecule has 0 radical (unpaired) electrons. The second kappa shape index (κ2) is 8.46. The predicted octanol–water partition coefficient (Wildman–Crippen LogP) is 3.92. The Kier molecular flexibility index (Phi) is 5.79. The van der Waals surface area contributed by atoms with Crippen LogP contribution in [-0.2, 0) is 22.6 Å². The van der Waals surface area contributed by atoms with Crippen LogP contribution in [0.1, 0.15) is 30.4 Å². The Morgan fingerprint density at radius 2 is 1.57 bits per heavy atom. The van der Waals surface area contributed by atoms with E-state index in [1.807, 2.05) is 18.2 Å². The van der Waals surface area contributed by atoms with Crippen molar-refractivity contribution in [1.82, 2.24) is 9.80 Å². The number of hydrogen-bond donors (Lipinski definition) is 0. The molecule has 0 bridgehead atoms. The zero-order valence-corrected chi connectivity index (χ0v) is 16.6. The number of carbonyl (C=O) groups excluding carboxylic acids is 2. The molecule has 2 aliphatic rings. The van der Waals surface area contributed by atoms with Gasteiger partial charge in [0.15, 0.2) is 0 Å². The number of rotatable bonds is 5. The molecule has 146 valence electrons. The molecular formula is C23H25ClN2O2. The number of halogens is 1. The number of imide groups is 1. The Morgan fingerprint density at radius 1 is 0.893 bits per heavy atom. The smallest absolute Gasteiger partial charge is 0.247 e. The van der Waals surface area contributed by atoms with E-state index < -0.39 is 0 Å². The maximum Gasteiger partial charge on any atom is 0.247 e. The molecule has 0 aromatic heterocycles. The van der Waals surface area contributed by atoms with Crippen LogP contribution in [0.3, 0.4) is 0 Å². The van der Waals surface area contributed by atoms with E-state index in [4.69, 9.17) is 11.6 Å². The van der Waals surface area contributed by atoms with E-state index in [2.05, 4.69) is 29.2 Å². The van der Waals surface area contributed by atoms with Crippen molar-refractivity contribution < 1.29 is 9.59 Å². The first kappa shape index (κ1) is 19.2. The van der Waals surface area contributed by atoms with Crippen molar-refractivity contribution in [2.24, 2.45) is 5.92 Å². The molecule has 0 spiro atoms. The van der Waals surface area contributed by atoms with Gasteiger partial charge < -0.3 is 0 Å². The molecule has 4 rings (SSSR count). The fourth-order valence-corrected chi connectivity index (χ4v) is 4.43. The van der Waals surface area contributed by atoms with Crippen LogP contribution in [0.5, 0.6) is 0 Å². The normalized spacial score (nSPS) is 21.5. The third-order valence-electron chi connectivity index (χ3n) is 5.93. The number of nitrogens with zero attached hydrogens (tertiary/aromatic N) is 2. The van der Waals surface area contributed by atoms with Gasteiger partial charge in [-0.3, -0.25) is 19.4 Å². The Bertz CT molecular complexity index is 829. The monoisotopic (exact) mass is 396 g/mol. The molecule has 4 nitrogen and oxygen atoms in total. The summed E-state index contributed by atoms with van der Waals surface area (Å²) >= 11 is 5.92. The molecule has 2 aromatic rings. The molecular weight excluding hydrogens is 372 g/mol. The third-order valence-corrected chi connectivity index (χ3v) is 6.18. The van der Waals surface area contributed by atoms with Gasteiger partial charge in [0.05, 0.1) is 19.0 Å². The SMILES string of the molecule is O=C1C[C@@H](N2CCC(Cc3ccccc3)CC2)C(=O)N1Cc1ccc(Cl)cc1. The summed E-state index contributed by atoms with van der Waals surface area (Å²) in [7, 11) is 0. The van der Waals surface area contributed by atoms with Crippen LogP contribution in [0.2, 0.25) is 5.02 Å². The van der Waals surface area contributed by atoms with E-state index in [1.54, 1.807) is 12.1 Å². The van der Waals surface area contributed by atoms with Crippen molar-refractivity contribution >= 4 is 23.4 Å². The molecule has 2 amide bonds. The third kappa shape index (κ3) is 4.29. The fourth-order valence-electron chi connectivity index (χ4n) is 4.31. The van der Waals surface area contributed by atoms with Crippen molar-refractivity contribution in [3.05, 3.63) is 70.7 Å². The molecule has 0 N–H and O–H groups in total. The van der Waals surface area contributed by atoms with Gasteiger partial charge in [-0.05, 0) is 61.5 Å². The van der Waals surface area contributed by atoms with Gasteiger partial charge in [0.2, 0.25) is 11.8 Å². The highest BCUT2D eigenvalue weighted by Gasteiger charge is 2.42. The number of hydrogen-bond acceptors (Lipinski definition) is 3. The number of likely N-dealkylation sites (tertiary alicyclic amines) is 2. The Morgan fingerprint density at radius 3 is 2.25 bits per heavy atom. The van der Waals surface area contributed by atoms with Crippen LogP contribution in [0.15, 0.2) is 54.6 Å². The van der Waals surface area contributed by atoms with Crippen LogP contribution in [0.25, 0.3) is 0 Å². The van der Waals surface area contributed by atoms with Crippen LogP contribution in [-0.4, -0.2) is 40.7 Å². The summed E-state index contributed by atoms with van der Waals surface area (Å²) in [5.41, 5.74) is 2.30. The summed E-state index contributed by atoms with van der Waals surface area (Å²) in [5.74, 6) is 0.522. The van der Waals surface area contributed by atoms with Crippen LogP contribution < -0.4 is 0 Å². The average Bonchev–Trinajstić information content (AvgIpc) is 2.99. The lowest BCUT2D eigenvalue weighted by Gasteiger charge is -2.34. The van der Waals surface area contributed by atoms with Gasteiger partial charge in [-0.25, -0.2) is 0 Å². The van der Waals surface area contributed by atoms with Crippen molar-refractivity contribution in [1.29, 1.82) is 0 Å². The van der Waals surface area contributed by atoms with Crippen LogP contribution in [0.4, 0.5) is 0 Å². The first-order chi connectivity index (χ1) is 13.6. The van der Waals surface area contributed by atoms with Crippen molar-refractivity contribution in [2.45, 2.75) is 38.3 Å². The number of amides is 2. The van der Waals surface area contributed by atoms with Gasteiger partial charge in [-0.15, -0.1) is 0 Å². The quantitative estimate of drug-likeness (QED) is 0.719. The molecule has 0 unspecified atom stereocenters. The molecule has 5 heteroatoms. The largest absolute Gasteiger partial charge is 0.292 e. The maximum atomic E-state index is 12.9. The lowest BCUT2D eigenvalue weighted by molar-refractivity contribution is -0.140. The van der Waals surface area contributed by atoms with Crippen molar-refractivity contribution in [3.8, 4) is 0 Å². The van der Waals surface area contributed by atoms with E-state index in [-0.39, 0.29) is 17.9 Å². The minimum Gasteiger partial charge on any atom is -0.292 e. The van der Waals surface area contributed by atoms with E-state index in [0.717, 1.165) is 37.9 Å². The predicted molar refractivity (Wildman–Crippen MR) is 110 cm³/mol. The summed E-state index contributed by atoms with van der Waals surface area (Å²) < 4.78 is 0. The van der Waals surface area contributed by atoms with Crippen molar-refractivity contribution in [2.75, 3.05) is 13.1 Å². The van der Waals surface area contributed by atoms with Gasteiger partial charge in [0.1, 0.15) is 0 Å². The fraction of sp³-hybridized carbons (Fsp3) is 0.391. The summed E-state index contributed by atoms with van der Waals surface area (Å²) in [6, 6.07) is 17.6. The molecule has 1 atom stereocenters. The molecule has 2 heterocycles. The second-order valence-electron chi connectivity index (χ2n) is 7.83. The van der Waals surface area contributed by atoms with E-state index in [1.165, 1.54) is 10.5 Å². The number of carbonyl (C=O) groups is 2. The molecule has 0 saturated carbocycles. The van der Waals surface area contributed by atoms with Gasteiger partial charge in [0, 0.05) is 5.02 Å². The molecule has 2 saturated heterocycles. The first-order valence-corrected chi connectivity index (χ1v) is 10.3. The highest BCUT2D eigenvalue weighted by Crippen LogP contribution is 2.28. The Labute approximate surface area is 171 Å². The average molecular weight is 397 g/mol. The highest BCUT2D eigenvalue weighted by molar-refractivity contribution is 6.30. The van der Waals surface area contributed by atoms with Gasteiger partial charge in [0.25, 0.3) is 0 Å². The number of benzene rings is 2. The van der Waals surface area contributed by atoms with Crippen LogP contribution in [0, 0.1) is 5.92 Å². The maximum absolute atomic E-state index is 12.9. The Hall–Kier alpha value is -2.17. The molecule has 28 heavy (non-hydrogen) atoms. The zero-order valence-electron chi connectivity index (χ0n) is 15.9. The Balaban J connectivity index is 1.33. The first-order valence-electron chi connectivity index (χ1n) is 9.97. The van der Waals surface area contributed by atoms with Gasteiger partial charge in [-0.1, -0.05) is 54.1 Å². The van der Waals surface area contributed by atoms with Crippen LogP contribution >= 0.6 is 11.6 Å². The second-order valence-corrected chi connectivity index (χ2v) is 8.27. The standard InChI is InChI=1S/C23H25ClN2O2/c24-20-8-6-19(7-9-20)16-26-22(27)15-21(23(26)28)25-12-10-18(11-13-25)14-17-4-2-1-3-5-17/h1-9,18,21H,10-16H2/t21-/m1/s1. The van der Waals surface area contributed by atoms with E-state index in [0.29, 0.717) is 23.9 Å². The van der Waals surface area contributed by atoms with Gasteiger partial charge in [-0.2, -0.15) is 0 Å². The summed E-state index contributed by atoms with van der Waals surface area (Å²) in [5, 5.41) is 0.652. The molecule has 2 aliphatic heterocycles. The zero-order chi connectivity index (χ0) is 19.5. The topological polar surface area (TPSA) is 40.6 Å². The lowest BCUT2D eigenvalue weighted by atomic mass is 9.89. The number of piperidine rings is 1. The summed E-state index contributed by atoms with van der Waals surface area (Å²) in [4.78, 5) is 29.0. The minimum absolute atomic E-state index is 0.0542. The molecule has 0 aliphatic carbocycles. The van der Waals surface area contributed by atoms with Crippen molar-refractivity contribution in [3.63, 3.8) is 0 Å². The van der Waals surface area contributed by atoms with E-state index in [9.17, 15) is 9.59 Å². The van der Waals surface area contributed by atoms with Gasteiger partial charge >= 0.3 is 0 Å². The van der Waals surface area contributed by atoms with E-state index >= 15 is 0 Å². The highest BCUT2D eigenvalue weighted by atomic mass is 35.5. The molecule has 2 fully saturated rings. The minimum atomic E-state index is -0.294. The summed E-state index contributed by atoms with van der Waals surface area (Å²) in [6.45, 7) is 2.10.